The van der Waals surface area contributed by atoms with Gasteiger partial charge in [-0.25, -0.2) is 0 Å². The van der Waals surface area contributed by atoms with E-state index in [1.807, 2.05) is 47.8 Å². The quantitative estimate of drug-likeness (QED) is 0.536. The zero-order valence-electron chi connectivity index (χ0n) is 18.0. The van der Waals surface area contributed by atoms with Crippen LogP contribution in [0.3, 0.4) is 0 Å². The lowest BCUT2D eigenvalue weighted by atomic mass is 10.1. The molecule has 3 heterocycles. The molecular weight excluding hydrogens is 440 g/mol. The Balaban J connectivity index is 1.40. The van der Waals surface area contributed by atoms with Crippen molar-refractivity contribution in [2.24, 2.45) is 0 Å². The second-order valence-electron chi connectivity index (χ2n) is 7.57. The molecule has 7 nitrogen and oxygen atoms in total. The van der Waals surface area contributed by atoms with Crippen LogP contribution in [-0.4, -0.2) is 43.6 Å². The highest BCUT2D eigenvalue weighted by Gasteiger charge is 2.39. The van der Waals surface area contributed by atoms with Crippen molar-refractivity contribution in [1.82, 2.24) is 4.90 Å². The molecule has 8 heteroatoms. The molecule has 2 amide bonds. The summed E-state index contributed by atoms with van der Waals surface area (Å²) in [6, 6.07) is 16.7. The third-order valence-electron chi connectivity index (χ3n) is 5.53. The fourth-order valence-electron chi connectivity index (χ4n) is 3.84. The molecule has 0 atom stereocenters. The molecule has 2 aromatic carbocycles. The van der Waals surface area contributed by atoms with Crippen LogP contribution in [0.2, 0.25) is 0 Å². The first-order chi connectivity index (χ1) is 16.1. The van der Waals surface area contributed by atoms with E-state index in [4.69, 9.17) is 14.2 Å². The molecule has 2 aliphatic heterocycles. The van der Waals surface area contributed by atoms with Crippen LogP contribution in [0.15, 0.2) is 65.7 Å². The topological polar surface area (TPSA) is 77.1 Å². The summed E-state index contributed by atoms with van der Waals surface area (Å²) in [7, 11) is 1.62. The van der Waals surface area contributed by atoms with E-state index in [1.54, 1.807) is 19.2 Å². The minimum Gasteiger partial charge on any atom is -0.497 e. The molecule has 0 fully saturated rings. The van der Waals surface area contributed by atoms with Gasteiger partial charge in [-0.1, -0.05) is 18.2 Å². The molecule has 3 aromatic rings. The first-order valence-corrected chi connectivity index (χ1v) is 11.5. The number of imide groups is 1. The normalized spacial score (nSPS) is 15.2. The summed E-state index contributed by atoms with van der Waals surface area (Å²) in [4.78, 5) is 28.7. The van der Waals surface area contributed by atoms with Crippen molar-refractivity contribution in [3.8, 4) is 17.2 Å². The maximum absolute atomic E-state index is 13.3. The van der Waals surface area contributed by atoms with Crippen LogP contribution in [0, 0.1) is 0 Å². The maximum atomic E-state index is 13.3. The summed E-state index contributed by atoms with van der Waals surface area (Å²) in [5.41, 5.74) is 2.33. The number of hydrogen-bond donors (Lipinski definition) is 1. The summed E-state index contributed by atoms with van der Waals surface area (Å²) in [6.45, 7) is 1.25. The van der Waals surface area contributed by atoms with Crippen molar-refractivity contribution < 1.29 is 23.8 Å². The van der Waals surface area contributed by atoms with Crippen LogP contribution in [0.4, 0.5) is 5.69 Å². The summed E-state index contributed by atoms with van der Waals surface area (Å²) in [6.07, 6.45) is 0.552. The predicted octanol–water partition coefficient (Wildman–Crippen LogP) is 3.96. The first kappa shape index (κ1) is 21.1. The number of ether oxygens (including phenoxy) is 3. The van der Waals surface area contributed by atoms with Crippen LogP contribution in [0.25, 0.3) is 5.57 Å². The molecule has 5 rings (SSSR count). The first-order valence-electron chi connectivity index (χ1n) is 10.6. The Morgan fingerprint density at radius 1 is 1.00 bits per heavy atom. The van der Waals surface area contributed by atoms with E-state index in [2.05, 4.69) is 5.32 Å². The summed E-state index contributed by atoms with van der Waals surface area (Å²) >= 11 is 1.43. The van der Waals surface area contributed by atoms with Crippen LogP contribution >= 0.6 is 11.3 Å². The smallest absolute Gasteiger partial charge is 0.278 e. The fraction of sp³-hybridized carbons (Fsp3) is 0.200. The molecule has 33 heavy (non-hydrogen) atoms. The number of nitrogens with one attached hydrogen (secondary N) is 1. The highest BCUT2D eigenvalue weighted by molar-refractivity contribution is 7.11. The Bertz CT molecular complexity index is 1220. The molecule has 0 radical (unpaired) electrons. The number of rotatable bonds is 7. The van der Waals surface area contributed by atoms with Gasteiger partial charge in [0.05, 0.1) is 12.7 Å². The van der Waals surface area contributed by atoms with Crippen LogP contribution in [-0.2, 0) is 16.0 Å². The molecule has 0 saturated heterocycles. The zero-order chi connectivity index (χ0) is 22.8. The summed E-state index contributed by atoms with van der Waals surface area (Å²) in [5, 5.41) is 5.07. The van der Waals surface area contributed by atoms with E-state index in [-0.39, 0.29) is 24.1 Å². The fourth-order valence-corrected chi connectivity index (χ4v) is 4.61. The van der Waals surface area contributed by atoms with Gasteiger partial charge in [-0.2, -0.15) is 0 Å². The number of fused-ring (bicyclic) bond motifs is 1. The predicted molar refractivity (Wildman–Crippen MR) is 126 cm³/mol. The van der Waals surface area contributed by atoms with Crippen molar-refractivity contribution in [2.75, 3.05) is 32.2 Å². The molecule has 0 spiro atoms. The Labute approximate surface area is 195 Å². The van der Waals surface area contributed by atoms with E-state index in [1.165, 1.54) is 16.2 Å². The van der Waals surface area contributed by atoms with Crippen molar-refractivity contribution >= 4 is 34.4 Å². The molecule has 1 aromatic heterocycles. The number of thiophene rings is 1. The monoisotopic (exact) mass is 462 g/mol. The van der Waals surface area contributed by atoms with Crippen molar-refractivity contribution in [3.63, 3.8) is 0 Å². The standard InChI is InChI=1S/C25H22N2O5S/c1-30-18-7-4-16(5-8-18)10-11-27-24(28)22(21-3-2-14-33-21)23(25(27)29)26-17-6-9-19-20(15-17)32-13-12-31-19/h2-9,14-15,26H,10-13H2,1H3. The molecule has 0 unspecified atom stereocenters. The molecule has 1 N–H and O–H groups in total. The highest BCUT2D eigenvalue weighted by atomic mass is 32.1. The number of benzene rings is 2. The highest BCUT2D eigenvalue weighted by Crippen LogP contribution is 2.36. The van der Waals surface area contributed by atoms with Crippen molar-refractivity contribution in [1.29, 1.82) is 0 Å². The van der Waals surface area contributed by atoms with Crippen molar-refractivity contribution in [3.05, 3.63) is 76.1 Å². The largest absolute Gasteiger partial charge is 0.497 e. The van der Waals surface area contributed by atoms with Gasteiger partial charge in [0, 0.05) is 23.2 Å². The number of amides is 2. The molecule has 2 aliphatic rings. The van der Waals surface area contributed by atoms with Crippen LogP contribution < -0.4 is 19.5 Å². The lowest BCUT2D eigenvalue weighted by Crippen LogP contribution is -2.34. The lowest BCUT2D eigenvalue weighted by Gasteiger charge is -2.19. The van der Waals surface area contributed by atoms with Gasteiger partial charge in [0.1, 0.15) is 24.7 Å². The lowest BCUT2D eigenvalue weighted by molar-refractivity contribution is -0.136. The van der Waals surface area contributed by atoms with Gasteiger partial charge in [0.25, 0.3) is 11.8 Å². The van der Waals surface area contributed by atoms with Gasteiger partial charge in [0.15, 0.2) is 11.5 Å². The molecule has 0 saturated carbocycles. The number of anilines is 1. The van der Waals surface area contributed by atoms with Gasteiger partial charge >= 0.3 is 0 Å². The van der Waals surface area contributed by atoms with E-state index in [0.29, 0.717) is 42.4 Å². The van der Waals surface area contributed by atoms with E-state index in [9.17, 15) is 9.59 Å². The minimum atomic E-state index is -0.341. The minimum absolute atomic E-state index is 0.272. The van der Waals surface area contributed by atoms with Crippen LogP contribution in [0.5, 0.6) is 17.2 Å². The molecule has 0 aliphatic carbocycles. The van der Waals surface area contributed by atoms with E-state index >= 15 is 0 Å². The zero-order valence-corrected chi connectivity index (χ0v) is 18.8. The van der Waals surface area contributed by atoms with Gasteiger partial charge in [-0.3, -0.25) is 14.5 Å². The second kappa shape index (κ2) is 8.99. The number of nitrogens with zero attached hydrogens (tertiary/aromatic N) is 1. The number of hydrogen-bond acceptors (Lipinski definition) is 7. The Hall–Kier alpha value is -3.78. The SMILES string of the molecule is COc1ccc(CCN2C(=O)C(Nc3ccc4c(c3)OCCO4)=C(c3cccs3)C2=O)cc1. The summed E-state index contributed by atoms with van der Waals surface area (Å²) < 4.78 is 16.4. The van der Waals surface area contributed by atoms with E-state index < -0.39 is 0 Å². The average molecular weight is 463 g/mol. The van der Waals surface area contributed by atoms with Crippen LogP contribution in [0.1, 0.15) is 10.4 Å². The third kappa shape index (κ3) is 4.17. The van der Waals surface area contributed by atoms with Gasteiger partial charge in [-0.15, -0.1) is 11.3 Å². The van der Waals surface area contributed by atoms with Gasteiger partial charge in [-0.05, 0) is 47.7 Å². The Morgan fingerprint density at radius 2 is 1.79 bits per heavy atom. The Morgan fingerprint density at radius 3 is 2.52 bits per heavy atom. The maximum Gasteiger partial charge on any atom is 0.278 e. The van der Waals surface area contributed by atoms with Gasteiger partial charge in [0.2, 0.25) is 0 Å². The molecule has 0 bridgehead atoms. The van der Waals surface area contributed by atoms with Crippen molar-refractivity contribution in [2.45, 2.75) is 6.42 Å². The average Bonchev–Trinajstić information content (AvgIpc) is 3.45. The van der Waals surface area contributed by atoms with E-state index in [0.717, 1.165) is 16.2 Å². The Kier molecular flexibility index (Phi) is 5.75. The number of carbonyl (C=O) groups excluding carboxylic acids is 2. The third-order valence-corrected chi connectivity index (χ3v) is 6.42. The number of methoxy groups -OCH3 is 1. The molecular formula is C25H22N2O5S. The molecule has 168 valence electrons. The number of carbonyl (C=O) groups is 2. The summed E-state index contributed by atoms with van der Waals surface area (Å²) in [5.74, 6) is 1.40. The van der Waals surface area contributed by atoms with Gasteiger partial charge < -0.3 is 19.5 Å². The second-order valence-corrected chi connectivity index (χ2v) is 8.52.